The largest absolute Gasteiger partial charge is 0.497 e. The molecule has 0 fully saturated rings. The molecule has 3 rings (SSSR count). The Labute approximate surface area is 159 Å². The molecular formula is C22H23N3O2. The lowest BCUT2D eigenvalue weighted by atomic mass is 10.1. The Hall–Kier alpha value is -3.34. The average Bonchev–Trinajstić information content (AvgIpc) is 2.74. The SMILES string of the molecule is COc1cccc(CCNC(=O)c2ccc(N(C)c3ccccc3)cn2)c1. The van der Waals surface area contributed by atoms with Crippen LogP contribution in [0.2, 0.25) is 0 Å². The number of para-hydroxylation sites is 1. The smallest absolute Gasteiger partial charge is 0.269 e. The molecule has 0 radical (unpaired) electrons. The van der Waals surface area contributed by atoms with E-state index in [0.29, 0.717) is 12.2 Å². The Morgan fingerprint density at radius 3 is 2.56 bits per heavy atom. The molecule has 27 heavy (non-hydrogen) atoms. The van der Waals surface area contributed by atoms with E-state index < -0.39 is 0 Å². The first-order valence-corrected chi connectivity index (χ1v) is 8.83. The standard InChI is InChI=1S/C22H23N3O2/c1-25(18-8-4-3-5-9-18)19-11-12-21(24-16-19)22(26)23-14-13-17-7-6-10-20(15-17)27-2/h3-12,15-16H,13-14H2,1-2H3,(H,23,26). The first kappa shape index (κ1) is 18.5. The molecule has 5 nitrogen and oxygen atoms in total. The van der Waals surface area contributed by atoms with Gasteiger partial charge in [-0.25, -0.2) is 4.98 Å². The van der Waals surface area contributed by atoms with E-state index >= 15 is 0 Å². The fraction of sp³-hybridized carbons (Fsp3) is 0.182. The summed E-state index contributed by atoms with van der Waals surface area (Å²) in [6.45, 7) is 0.541. The van der Waals surface area contributed by atoms with Gasteiger partial charge in [0, 0.05) is 19.3 Å². The van der Waals surface area contributed by atoms with Gasteiger partial charge in [0.05, 0.1) is 19.0 Å². The van der Waals surface area contributed by atoms with E-state index in [1.165, 1.54) is 0 Å². The summed E-state index contributed by atoms with van der Waals surface area (Å²) in [6, 6.07) is 21.5. The van der Waals surface area contributed by atoms with Gasteiger partial charge in [0.25, 0.3) is 5.91 Å². The van der Waals surface area contributed by atoms with Gasteiger partial charge >= 0.3 is 0 Å². The summed E-state index contributed by atoms with van der Waals surface area (Å²) in [5, 5.41) is 2.91. The first-order valence-electron chi connectivity index (χ1n) is 8.83. The number of benzene rings is 2. The number of rotatable bonds is 7. The third-order valence-corrected chi connectivity index (χ3v) is 4.34. The second-order valence-electron chi connectivity index (χ2n) is 6.15. The van der Waals surface area contributed by atoms with Crippen LogP contribution in [-0.2, 0) is 6.42 Å². The van der Waals surface area contributed by atoms with Crippen LogP contribution in [0.5, 0.6) is 5.75 Å². The second kappa shape index (κ2) is 8.85. The van der Waals surface area contributed by atoms with Crippen molar-refractivity contribution in [3.05, 3.63) is 84.2 Å². The van der Waals surface area contributed by atoms with Crippen LogP contribution < -0.4 is 15.0 Å². The molecule has 0 aliphatic carbocycles. The van der Waals surface area contributed by atoms with Gasteiger partial charge in [0.15, 0.2) is 0 Å². The van der Waals surface area contributed by atoms with Gasteiger partial charge in [0.1, 0.15) is 11.4 Å². The van der Waals surface area contributed by atoms with E-state index in [1.54, 1.807) is 19.4 Å². The number of aromatic nitrogens is 1. The molecule has 0 saturated heterocycles. The van der Waals surface area contributed by atoms with Crippen molar-refractivity contribution in [2.24, 2.45) is 0 Å². The van der Waals surface area contributed by atoms with Gasteiger partial charge in [-0.1, -0.05) is 30.3 Å². The van der Waals surface area contributed by atoms with Gasteiger partial charge in [-0.3, -0.25) is 4.79 Å². The number of hydrogen-bond donors (Lipinski definition) is 1. The Morgan fingerprint density at radius 1 is 1.04 bits per heavy atom. The van der Waals surface area contributed by atoms with Crippen molar-refractivity contribution in [1.29, 1.82) is 0 Å². The molecule has 1 N–H and O–H groups in total. The van der Waals surface area contributed by atoms with Gasteiger partial charge < -0.3 is 15.0 Å². The van der Waals surface area contributed by atoms with Crippen LogP contribution in [0.15, 0.2) is 72.9 Å². The van der Waals surface area contributed by atoms with Gasteiger partial charge in [-0.2, -0.15) is 0 Å². The fourth-order valence-corrected chi connectivity index (χ4v) is 2.76. The van der Waals surface area contributed by atoms with Crippen molar-refractivity contribution in [2.75, 3.05) is 25.6 Å². The number of nitrogens with one attached hydrogen (secondary N) is 1. The van der Waals surface area contributed by atoms with Crippen molar-refractivity contribution in [1.82, 2.24) is 10.3 Å². The second-order valence-corrected chi connectivity index (χ2v) is 6.15. The van der Waals surface area contributed by atoms with Crippen LogP contribution in [0.1, 0.15) is 16.1 Å². The zero-order valence-electron chi connectivity index (χ0n) is 15.6. The van der Waals surface area contributed by atoms with Crippen molar-refractivity contribution >= 4 is 17.3 Å². The Kier molecular flexibility index (Phi) is 6.05. The monoisotopic (exact) mass is 361 g/mol. The van der Waals surface area contributed by atoms with Crippen LogP contribution in [0.25, 0.3) is 0 Å². The summed E-state index contributed by atoms with van der Waals surface area (Å²) in [6.07, 6.45) is 2.45. The van der Waals surface area contributed by atoms with E-state index in [-0.39, 0.29) is 5.91 Å². The summed E-state index contributed by atoms with van der Waals surface area (Å²) in [5.41, 5.74) is 3.51. The van der Waals surface area contributed by atoms with Crippen LogP contribution in [-0.4, -0.2) is 31.6 Å². The molecule has 0 saturated carbocycles. The predicted molar refractivity (Wildman–Crippen MR) is 108 cm³/mol. The number of hydrogen-bond acceptors (Lipinski definition) is 4. The highest BCUT2D eigenvalue weighted by Crippen LogP contribution is 2.22. The molecule has 1 heterocycles. The van der Waals surface area contributed by atoms with Crippen molar-refractivity contribution in [3.8, 4) is 5.75 Å². The summed E-state index contributed by atoms with van der Waals surface area (Å²) in [7, 11) is 3.62. The molecule has 2 aromatic carbocycles. The Bertz CT molecular complexity index is 880. The molecule has 0 aliphatic rings. The van der Waals surface area contributed by atoms with Gasteiger partial charge in [0.2, 0.25) is 0 Å². The zero-order chi connectivity index (χ0) is 19.1. The lowest BCUT2D eigenvalue weighted by molar-refractivity contribution is 0.0949. The highest BCUT2D eigenvalue weighted by atomic mass is 16.5. The molecule has 138 valence electrons. The van der Waals surface area contributed by atoms with Crippen molar-refractivity contribution in [3.63, 3.8) is 0 Å². The summed E-state index contributed by atoms with van der Waals surface area (Å²) in [5.74, 6) is 0.644. The van der Waals surface area contributed by atoms with Crippen LogP contribution >= 0.6 is 0 Å². The minimum absolute atomic E-state index is 0.174. The third kappa shape index (κ3) is 4.85. The number of carbonyl (C=O) groups excluding carboxylic acids is 1. The maximum Gasteiger partial charge on any atom is 0.269 e. The number of nitrogens with zero attached hydrogens (tertiary/aromatic N) is 2. The van der Waals surface area contributed by atoms with Crippen LogP contribution in [0.3, 0.4) is 0 Å². The molecule has 3 aromatic rings. The predicted octanol–water partition coefficient (Wildman–Crippen LogP) is 3.83. The molecule has 1 aromatic heterocycles. The summed E-state index contributed by atoms with van der Waals surface area (Å²) in [4.78, 5) is 18.6. The highest BCUT2D eigenvalue weighted by molar-refractivity contribution is 5.92. The molecule has 5 heteroatoms. The van der Waals surface area contributed by atoms with Gasteiger partial charge in [-0.15, -0.1) is 0 Å². The van der Waals surface area contributed by atoms with E-state index in [9.17, 15) is 4.79 Å². The van der Waals surface area contributed by atoms with Gasteiger partial charge in [-0.05, 0) is 48.4 Å². The fourth-order valence-electron chi connectivity index (χ4n) is 2.76. The maximum atomic E-state index is 12.3. The molecule has 0 atom stereocenters. The maximum absolute atomic E-state index is 12.3. The molecule has 1 amide bonds. The lowest BCUT2D eigenvalue weighted by Gasteiger charge is -2.19. The topological polar surface area (TPSA) is 54.5 Å². The minimum Gasteiger partial charge on any atom is -0.497 e. The zero-order valence-corrected chi connectivity index (χ0v) is 15.6. The third-order valence-electron chi connectivity index (χ3n) is 4.34. The van der Waals surface area contributed by atoms with Crippen molar-refractivity contribution in [2.45, 2.75) is 6.42 Å². The highest BCUT2D eigenvalue weighted by Gasteiger charge is 2.09. The normalized spacial score (nSPS) is 10.3. The first-order chi connectivity index (χ1) is 13.2. The number of pyridine rings is 1. The lowest BCUT2D eigenvalue weighted by Crippen LogP contribution is -2.26. The number of amides is 1. The van der Waals surface area contributed by atoms with Crippen LogP contribution in [0, 0.1) is 0 Å². The molecule has 0 aliphatic heterocycles. The Balaban J connectivity index is 1.56. The molecular weight excluding hydrogens is 338 g/mol. The molecule has 0 spiro atoms. The van der Waals surface area contributed by atoms with E-state index in [2.05, 4.69) is 10.3 Å². The summed E-state index contributed by atoms with van der Waals surface area (Å²) >= 11 is 0. The summed E-state index contributed by atoms with van der Waals surface area (Å²) < 4.78 is 5.21. The van der Waals surface area contributed by atoms with Crippen LogP contribution in [0.4, 0.5) is 11.4 Å². The molecule has 0 unspecified atom stereocenters. The van der Waals surface area contributed by atoms with Crippen molar-refractivity contribution < 1.29 is 9.53 Å². The minimum atomic E-state index is -0.174. The molecule has 0 bridgehead atoms. The Morgan fingerprint density at radius 2 is 1.85 bits per heavy atom. The van der Waals surface area contributed by atoms with E-state index in [0.717, 1.165) is 29.1 Å². The number of methoxy groups -OCH3 is 1. The quantitative estimate of drug-likeness (QED) is 0.695. The van der Waals surface area contributed by atoms with E-state index in [1.807, 2.05) is 72.6 Å². The number of ether oxygens (including phenoxy) is 1. The van der Waals surface area contributed by atoms with E-state index in [4.69, 9.17) is 4.74 Å². The average molecular weight is 361 g/mol. The number of anilines is 2. The number of carbonyl (C=O) groups is 1.